The van der Waals surface area contributed by atoms with Crippen LogP contribution in [0, 0.1) is 5.92 Å². The lowest BCUT2D eigenvalue weighted by atomic mass is 10.00. The molecule has 0 bridgehead atoms. The predicted octanol–water partition coefficient (Wildman–Crippen LogP) is 2.83. The molecule has 1 aromatic heterocycles. The molecule has 2 aliphatic carbocycles. The molecule has 24 heavy (non-hydrogen) atoms. The SMILES string of the molecule is CC(C)n1cnc2c1C(C(=O)NC1CCCC1)N(CC1CC1)CC2. The first kappa shape index (κ1) is 16.1. The van der Waals surface area contributed by atoms with E-state index in [9.17, 15) is 4.79 Å². The van der Waals surface area contributed by atoms with E-state index in [1.807, 2.05) is 6.33 Å². The van der Waals surface area contributed by atoms with Crippen molar-refractivity contribution in [3.8, 4) is 0 Å². The first-order valence-electron chi connectivity index (χ1n) is 9.73. The molecule has 4 rings (SSSR count). The molecule has 0 radical (unpaired) electrons. The van der Waals surface area contributed by atoms with E-state index in [0.717, 1.165) is 49.7 Å². The van der Waals surface area contributed by atoms with Crippen molar-refractivity contribution < 1.29 is 4.79 Å². The Bertz CT molecular complexity index is 599. The summed E-state index contributed by atoms with van der Waals surface area (Å²) in [6, 6.07) is 0.560. The van der Waals surface area contributed by atoms with Gasteiger partial charge in [0.25, 0.3) is 0 Å². The van der Waals surface area contributed by atoms with Crippen LogP contribution in [0.5, 0.6) is 0 Å². The van der Waals surface area contributed by atoms with Crippen LogP contribution in [0.3, 0.4) is 0 Å². The third-order valence-electron chi connectivity index (χ3n) is 5.87. The maximum Gasteiger partial charge on any atom is 0.243 e. The molecule has 1 amide bonds. The smallest absolute Gasteiger partial charge is 0.243 e. The summed E-state index contributed by atoms with van der Waals surface area (Å²) in [4.78, 5) is 20.3. The molecule has 2 saturated carbocycles. The van der Waals surface area contributed by atoms with Crippen molar-refractivity contribution in [2.24, 2.45) is 5.92 Å². The van der Waals surface area contributed by atoms with E-state index in [1.165, 1.54) is 25.7 Å². The van der Waals surface area contributed by atoms with Crippen LogP contribution in [0.4, 0.5) is 0 Å². The lowest BCUT2D eigenvalue weighted by Gasteiger charge is -2.36. The topological polar surface area (TPSA) is 50.2 Å². The second kappa shape index (κ2) is 6.51. The van der Waals surface area contributed by atoms with Gasteiger partial charge in [0, 0.05) is 31.6 Å². The highest BCUT2D eigenvalue weighted by Crippen LogP contribution is 2.37. The van der Waals surface area contributed by atoms with Crippen LogP contribution in [-0.4, -0.2) is 39.5 Å². The van der Waals surface area contributed by atoms with Gasteiger partial charge in [-0.2, -0.15) is 0 Å². The van der Waals surface area contributed by atoms with E-state index < -0.39 is 0 Å². The molecule has 1 aliphatic heterocycles. The minimum absolute atomic E-state index is 0.153. The lowest BCUT2D eigenvalue weighted by Crippen LogP contribution is -2.48. The normalized spacial score (nSPS) is 25.2. The molecule has 1 atom stereocenters. The Morgan fingerprint density at radius 3 is 2.71 bits per heavy atom. The summed E-state index contributed by atoms with van der Waals surface area (Å²) >= 11 is 0. The van der Waals surface area contributed by atoms with Crippen LogP contribution in [-0.2, 0) is 11.2 Å². The Hall–Kier alpha value is -1.36. The first-order valence-corrected chi connectivity index (χ1v) is 9.73. The molecule has 0 saturated heterocycles. The Kier molecular flexibility index (Phi) is 4.37. The van der Waals surface area contributed by atoms with Crippen LogP contribution in [0.1, 0.15) is 75.8 Å². The zero-order valence-electron chi connectivity index (χ0n) is 15.0. The highest BCUT2D eigenvalue weighted by molar-refractivity contribution is 5.83. The van der Waals surface area contributed by atoms with Crippen molar-refractivity contribution in [3.05, 3.63) is 17.7 Å². The van der Waals surface area contributed by atoms with E-state index in [1.54, 1.807) is 0 Å². The summed E-state index contributed by atoms with van der Waals surface area (Å²) in [7, 11) is 0. The van der Waals surface area contributed by atoms with Gasteiger partial charge in [0.2, 0.25) is 5.91 Å². The molecule has 0 aromatic carbocycles. The fraction of sp³-hybridized carbons (Fsp3) is 0.789. The monoisotopic (exact) mass is 330 g/mol. The van der Waals surface area contributed by atoms with Gasteiger partial charge >= 0.3 is 0 Å². The van der Waals surface area contributed by atoms with Crippen molar-refractivity contribution in [1.82, 2.24) is 19.8 Å². The molecule has 132 valence electrons. The number of imidazole rings is 1. The number of carbonyl (C=O) groups is 1. The molecule has 5 nitrogen and oxygen atoms in total. The lowest BCUT2D eigenvalue weighted by molar-refractivity contribution is -0.128. The Morgan fingerprint density at radius 2 is 2.04 bits per heavy atom. The second-order valence-corrected chi connectivity index (χ2v) is 8.16. The highest BCUT2D eigenvalue weighted by atomic mass is 16.2. The van der Waals surface area contributed by atoms with E-state index in [2.05, 4.69) is 33.6 Å². The van der Waals surface area contributed by atoms with Crippen LogP contribution in [0.15, 0.2) is 6.33 Å². The third kappa shape index (κ3) is 3.10. The predicted molar refractivity (Wildman–Crippen MR) is 93.8 cm³/mol. The quantitative estimate of drug-likeness (QED) is 0.903. The average molecular weight is 330 g/mol. The van der Waals surface area contributed by atoms with Gasteiger partial charge in [-0.1, -0.05) is 12.8 Å². The molecule has 3 aliphatic rings. The number of nitrogens with zero attached hydrogens (tertiary/aromatic N) is 3. The number of hydrogen-bond acceptors (Lipinski definition) is 3. The summed E-state index contributed by atoms with van der Waals surface area (Å²) < 4.78 is 2.22. The first-order chi connectivity index (χ1) is 11.6. The van der Waals surface area contributed by atoms with Gasteiger partial charge < -0.3 is 9.88 Å². The highest BCUT2D eigenvalue weighted by Gasteiger charge is 2.39. The largest absolute Gasteiger partial charge is 0.352 e. The molecular weight excluding hydrogens is 300 g/mol. The fourth-order valence-electron chi connectivity index (χ4n) is 4.33. The number of carbonyl (C=O) groups excluding carboxylic acids is 1. The second-order valence-electron chi connectivity index (χ2n) is 8.16. The number of nitrogens with one attached hydrogen (secondary N) is 1. The minimum atomic E-state index is -0.153. The Labute approximate surface area is 144 Å². The summed E-state index contributed by atoms with van der Waals surface area (Å²) in [6.45, 7) is 6.37. The standard InChI is InChI=1S/C19H30N4O/c1-13(2)23-12-20-16-9-10-22(11-14-7-8-14)18(17(16)23)19(24)21-15-5-3-4-6-15/h12-15,18H,3-11H2,1-2H3,(H,21,24). The van der Waals surface area contributed by atoms with Gasteiger partial charge in [0.15, 0.2) is 0 Å². The van der Waals surface area contributed by atoms with E-state index in [-0.39, 0.29) is 11.9 Å². The van der Waals surface area contributed by atoms with E-state index >= 15 is 0 Å². The van der Waals surface area contributed by atoms with Crippen LogP contribution in [0.25, 0.3) is 0 Å². The zero-order chi connectivity index (χ0) is 16.7. The summed E-state index contributed by atoms with van der Waals surface area (Å²) in [5, 5.41) is 3.35. The molecule has 2 heterocycles. The maximum absolute atomic E-state index is 13.2. The molecule has 5 heteroatoms. The maximum atomic E-state index is 13.2. The van der Waals surface area contributed by atoms with Crippen LogP contribution in [0.2, 0.25) is 0 Å². The van der Waals surface area contributed by atoms with Gasteiger partial charge in [-0.25, -0.2) is 4.98 Å². The molecule has 1 aromatic rings. The molecule has 2 fully saturated rings. The number of amides is 1. The number of hydrogen-bond donors (Lipinski definition) is 1. The molecule has 1 N–H and O–H groups in total. The third-order valence-corrected chi connectivity index (χ3v) is 5.87. The summed E-state index contributed by atoms with van der Waals surface area (Å²) in [6.07, 6.45) is 10.3. The van der Waals surface area contributed by atoms with Crippen LogP contribution >= 0.6 is 0 Å². The Morgan fingerprint density at radius 1 is 1.29 bits per heavy atom. The van der Waals surface area contributed by atoms with Crippen LogP contribution < -0.4 is 5.32 Å². The van der Waals surface area contributed by atoms with E-state index in [0.29, 0.717) is 12.1 Å². The van der Waals surface area contributed by atoms with Crippen molar-refractivity contribution in [1.29, 1.82) is 0 Å². The van der Waals surface area contributed by atoms with Crippen molar-refractivity contribution >= 4 is 5.91 Å². The minimum Gasteiger partial charge on any atom is -0.352 e. The van der Waals surface area contributed by atoms with Crippen molar-refractivity contribution in [2.75, 3.05) is 13.1 Å². The van der Waals surface area contributed by atoms with Gasteiger partial charge in [0.05, 0.1) is 17.7 Å². The van der Waals surface area contributed by atoms with Gasteiger partial charge in [-0.15, -0.1) is 0 Å². The molecule has 0 spiro atoms. The number of aromatic nitrogens is 2. The van der Waals surface area contributed by atoms with Crippen molar-refractivity contribution in [3.63, 3.8) is 0 Å². The van der Waals surface area contributed by atoms with Crippen molar-refractivity contribution in [2.45, 2.75) is 76.9 Å². The fourth-order valence-corrected chi connectivity index (χ4v) is 4.33. The van der Waals surface area contributed by atoms with Gasteiger partial charge in [-0.05, 0) is 45.4 Å². The number of fused-ring (bicyclic) bond motifs is 1. The summed E-state index contributed by atoms with van der Waals surface area (Å²) in [5.74, 6) is 0.995. The Balaban J connectivity index is 1.62. The average Bonchev–Trinajstić information content (AvgIpc) is 3.05. The van der Waals surface area contributed by atoms with Gasteiger partial charge in [0.1, 0.15) is 6.04 Å². The van der Waals surface area contributed by atoms with E-state index in [4.69, 9.17) is 0 Å². The van der Waals surface area contributed by atoms with Gasteiger partial charge in [-0.3, -0.25) is 9.69 Å². The molecular formula is C19H30N4O. The molecule has 1 unspecified atom stereocenters. The zero-order valence-corrected chi connectivity index (χ0v) is 15.0. The number of rotatable bonds is 5. The summed E-state index contributed by atoms with van der Waals surface area (Å²) in [5.41, 5.74) is 2.27.